The molecule has 2 aromatic heterocycles. The Morgan fingerprint density at radius 3 is 2.16 bits per heavy atom. The SMILES string of the molecule is c1ccc(-n2c3ccccc3c3c(N(c4ccc5c(c4)C4(c6ccccc6-5)C5CC6CC7CC4C75C6)c4cccc5sc6ccccc6c45)cccc32)cc1. The Kier molecular flexibility index (Phi) is 5.48. The molecule has 7 aromatic carbocycles. The number of fused-ring (bicyclic) bond motifs is 14. The van der Waals surface area contributed by atoms with Crippen molar-refractivity contribution in [1.82, 2.24) is 4.57 Å². The van der Waals surface area contributed by atoms with Gasteiger partial charge in [-0.25, -0.2) is 0 Å². The van der Waals surface area contributed by atoms with Crippen molar-refractivity contribution in [2.45, 2.75) is 31.1 Å². The summed E-state index contributed by atoms with van der Waals surface area (Å²) >= 11 is 1.91. The van der Waals surface area contributed by atoms with Gasteiger partial charge in [-0.2, -0.15) is 0 Å². The van der Waals surface area contributed by atoms with Gasteiger partial charge in [0.25, 0.3) is 0 Å². The second kappa shape index (κ2) is 10.2. The number of aromatic nitrogens is 1. The van der Waals surface area contributed by atoms with Gasteiger partial charge in [0.05, 0.1) is 22.4 Å². The van der Waals surface area contributed by atoms with Gasteiger partial charge in [-0.15, -0.1) is 11.3 Å². The third kappa shape index (κ3) is 3.38. The van der Waals surface area contributed by atoms with E-state index in [9.17, 15) is 0 Å². The summed E-state index contributed by atoms with van der Waals surface area (Å²) in [5, 5.41) is 5.23. The molecule has 2 heterocycles. The highest BCUT2D eigenvalue weighted by molar-refractivity contribution is 7.26. The minimum atomic E-state index is 0.135. The number of rotatable bonds is 4. The van der Waals surface area contributed by atoms with Gasteiger partial charge >= 0.3 is 0 Å². The van der Waals surface area contributed by atoms with Crippen LogP contribution in [0.3, 0.4) is 0 Å². The summed E-state index contributed by atoms with van der Waals surface area (Å²) in [6.45, 7) is 0. The second-order valence-corrected chi connectivity index (χ2v) is 18.4. The molecule has 0 radical (unpaired) electrons. The number of thiophene rings is 1. The first-order chi connectivity index (χ1) is 27.2. The van der Waals surface area contributed by atoms with Gasteiger partial charge in [0, 0.05) is 47.7 Å². The van der Waals surface area contributed by atoms with Crippen LogP contribution in [-0.4, -0.2) is 4.57 Å². The van der Waals surface area contributed by atoms with E-state index in [1.807, 2.05) is 11.3 Å². The maximum atomic E-state index is 2.67. The molecular weight excluding hydrogens is 685 g/mol. The zero-order valence-corrected chi connectivity index (χ0v) is 31.3. The predicted molar refractivity (Wildman–Crippen MR) is 229 cm³/mol. The van der Waals surface area contributed by atoms with E-state index < -0.39 is 0 Å². The van der Waals surface area contributed by atoms with E-state index in [0.29, 0.717) is 5.41 Å². The molecule has 2 bridgehead atoms. The molecule has 4 saturated carbocycles. The molecule has 14 rings (SSSR count). The molecule has 4 fully saturated rings. The molecule has 9 aromatic rings. The summed E-state index contributed by atoms with van der Waals surface area (Å²) in [5.41, 5.74) is 14.3. The molecule has 2 spiro atoms. The lowest BCUT2D eigenvalue weighted by atomic mass is 9.27. The van der Waals surface area contributed by atoms with E-state index in [4.69, 9.17) is 0 Å². The van der Waals surface area contributed by atoms with E-state index in [1.54, 1.807) is 11.1 Å². The highest BCUT2D eigenvalue weighted by atomic mass is 32.1. The van der Waals surface area contributed by atoms with Gasteiger partial charge in [0.15, 0.2) is 0 Å². The highest BCUT2D eigenvalue weighted by Crippen LogP contribution is 2.89. The van der Waals surface area contributed by atoms with Crippen molar-refractivity contribution in [2.75, 3.05) is 4.90 Å². The molecule has 55 heavy (non-hydrogen) atoms. The largest absolute Gasteiger partial charge is 0.309 e. The van der Waals surface area contributed by atoms with Crippen LogP contribution in [0.5, 0.6) is 0 Å². The van der Waals surface area contributed by atoms with Gasteiger partial charge in [-0.3, -0.25) is 0 Å². The fraction of sp³-hybridized carbons (Fsp3) is 0.192. The first-order valence-corrected chi connectivity index (χ1v) is 21.1. The molecule has 6 unspecified atom stereocenters. The number of hydrogen-bond acceptors (Lipinski definition) is 2. The maximum Gasteiger partial charge on any atom is 0.0562 e. The van der Waals surface area contributed by atoms with Crippen molar-refractivity contribution in [1.29, 1.82) is 0 Å². The summed E-state index contributed by atoms with van der Waals surface area (Å²) < 4.78 is 5.12. The lowest BCUT2D eigenvalue weighted by Gasteiger charge is -2.76. The average Bonchev–Trinajstić information content (AvgIpc) is 4.02. The normalized spacial score (nSPS) is 26.4. The van der Waals surface area contributed by atoms with Crippen LogP contribution < -0.4 is 4.90 Å². The van der Waals surface area contributed by atoms with E-state index in [1.165, 1.54) is 102 Å². The van der Waals surface area contributed by atoms with Crippen LogP contribution >= 0.6 is 11.3 Å². The zero-order chi connectivity index (χ0) is 35.6. The number of hydrogen-bond donors (Lipinski definition) is 0. The molecule has 3 heteroatoms. The third-order valence-electron chi connectivity index (χ3n) is 15.4. The molecule has 5 aliphatic rings. The molecule has 2 nitrogen and oxygen atoms in total. The van der Waals surface area contributed by atoms with Gasteiger partial charge in [0.2, 0.25) is 0 Å². The predicted octanol–water partition coefficient (Wildman–Crippen LogP) is 14.0. The first-order valence-electron chi connectivity index (χ1n) is 20.3. The Bertz CT molecular complexity index is 3120. The zero-order valence-electron chi connectivity index (χ0n) is 30.5. The van der Waals surface area contributed by atoms with E-state index >= 15 is 0 Å². The van der Waals surface area contributed by atoms with Crippen LogP contribution in [0.1, 0.15) is 36.8 Å². The van der Waals surface area contributed by atoms with Crippen LogP contribution in [0.2, 0.25) is 0 Å². The van der Waals surface area contributed by atoms with Crippen LogP contribution in [0.4, 0.5) is 17.1 Å². The van der Waals surface area contributed by atoms with Crippen LogP contribution in [0.15, 0.2) is 158 Å². The second-order valence-electron chi connectivity index (χ2n) is 17.3. The Balaban J connectivity index is 1.08. The fourth-order valence-electron chi connectivity index (χ4n) is 13.8. The molecule has 0 saturated heterocycles. The van der Waals surface area contributed by atoms with Gasteiger partial charge in [0.1, 0.15) is 0 Å². The number of benzene rings is 7. The van der Waals surface area contributed by atoms with Crippen molar-refractivity contribution in [3.05, 3.63) is 169 Å². The number of anilines is 3. The Hall–Kier alpha value is -5.64. The van der Waals surface area contributed by atoms with E-state index in [2.05, 4.69) is 167 Å². The molecular formula is C52H38N2S. The topological polar surface area (TPSA) is 8.17 Å². The first kappa shape index (κ1) is 29.7. The van der Waals surface area contributed by atoms with Crippen molar-refractivity contribution in [3.63, 3.8) is 0 Å². The van der Waals surface area contributed by atoms with Gasteiger partial charge < -0.3 is 9.47 Å². The lowest BCUT2D eigenvalue weighted by molar-refractivity contribution is -0.231. The Labute approximate surface area is 324 Å². The Morgan fingerprint density at radius 2 is 1.25 bits per heavy atom. The lowest BCUT2D eigenvalue weighted by Crippen LogP contribution is -2.73. The molecule has 262 valence electrons. The molecule has 0 aliphatic heterocycles. The van der Waals surface area contributed by atoms with E-state index in [-0.39, 0.29) is 5.41 Å². The van der Waals surface area contributed by atoms with Gasteiger partial charge in [-0.1, -0.05) is 97.1 Å². The van der Waals surface area contributed by atoms with Crippen LogP contribution in [0, 0.1) is 29.1 Å². The summed E-state index contributed by atoms with van der Waals surface area (Å²) in [4.78, 5) is 2.64. The molecule has 0 amide bonds. The fourth-order valence-corrected chi connectivity index (χ4v) is 15.0. The van der Waals surface area contributed by atoms with Crippen molar-refractivity contribution in [2.24, 2.45) is 29.1 Å². The highest BCUT2D eigenvalue weighted by Gasteiger charge is 2.84. The molecule has 5 aliphatic carbocycles. The van der Waals surface area contributed by atoms with E-state index in [0.717, 1.165) is 23.7 Å². The third-order valence-corrected chi connectivity index (χ3v) is 16.6. The smallest absolute Gasteiger partial charge is 0.0562 e. The van der Waals surface area contributed by atoms with Crippen molar-refractivity contribution < 1.29 is 0 Å². The van der Waals surface area contributed by atoms with Crippen molar-refractivity contribution in [3.8, 4) is 16.8 Å². The number of para-hydroxylation sites is 2. The van der Waals surface area contributed by atoms with Crippen LogP contribution in [0.25, 0.3) is 58.8 Å². The summed E-state index contributed by atoms with van der Waals surface area (Å²) in [5.74, 6) is 3.43. The standard InChI is InChI=1S/C52H38N2S/c1-2-12-33(13-3-1)53-41-18-8-5-15-37(41)49-42(53)19-10-20-43(49)54(44-21-11-23-46-50(44)38-16-6-9-22-45(38)55-46)34-24-25-36-35-14-4-7-17-39(35)52(40(36)29-34)47-27-31-26-32-28-48(52)51(32,47)30-31/h1-25,29,31-32,47-48H,26-28,30H2. The summed E-state index contributed by atoms with van der Waals surface area (Å²) in [7, 11) is 0. The summed E-state index contributed by atoms with van der Waals surface area (Å²) in [6.07, 6.45) is 5.80. The quantitative estimate of drug-likeness (QED) is 0.176. The molecule has 6 atom stereocenters. The van der Waals surface area contributed by atoms with Crippen molar-refractivity contribution >= 4 is 70.4 Å². The monoisotopic (exact) mass is 722 g/mol. The average molecular weight is 723 g/mol. The summed E-state index contributed by atoms with van der Waals surface area (Å²) in [6, 6.07) is 59.9. The van der Waals surface area contributed by atoms with Crippen LogP contribution in [-0.2, 0) is 5.41 Å². The molecule has 0 N–H and O–H groups in total. The van der Waals surface area contributed by atoms with Gasteiger partial charge in [-0.05, 0) is 138 Å². The maximum absolute atomic E-state index is 2.67. The minimum Gasteiger partial charge on any atom is -0.309 e. The minimum absolute atomic E-state index is 0.135. The number of nitrogens with zero attached hydrogens (tertiary/aromatic N) is 2. The Morgan fingerprint density at radius 1 is 0.545 bits per heavy atom.